The van der Waals surface area contributed by atoms with E-state index in [9.17, 15) is 53.1 Å². The number of ether oxygens (including phenoxy) is 1. The minimum atomic E-state index is -2.11. The van der Waals surface area contributed by atoms with Crippen LogP contribution < -0.4 is 31.9 Å². The largest absolute Gasteiger partial charge is 0.391 e. The molecule has 14 amide bonds. The molecule has 1 aliphatic heterocycles. The Hall–Kier alpha value is -7.30. The van der Waals surface area contributed by atoms with E-state index in [0.717, 1.165) is 19.6 Å². The number of nitrogens with one attached hydrogen (secondary N) is 6. The molecule has 7 N–H and O–H groups in total. The zero-order chi connectivity index (χ0) is 76.7. The van der Waals surface area contributed by atoms with Crippen molar-refractivity contribution in [3.63, 3.8) is 0 Å². The van der Waals surface area contributed by atoms with Gasteiger partial charge in [-0.2, -0.15) is 0 Å². The van der Waals surface area contributed by atoms with Crippen molar-refractivity contribution in [3.8, 4) is 0 Å². The van der Waals surface area contributed by atoms with Crippen LogP contribution in [0.25, 0.3) is 0 Å². The molecule has 1 heterocycles. The highest BCUT2D eigenvalue weighted by atomic mass is 16.5. The fourth-order valence-electron chi connectivity index (χ4n) is 12.0. The summed E-state index contributed by atoms with van der Waals surface area (Å²) >= 11 is 0. The second kappa shape index (κ2) is 41.4. The first kappa shape index (κ1) is 89.7. The highest BCUT2D eigenvalue weighted by Crippen LogP contribution is 2.27. The van der Waals surface area contributed by atoms with Crippen molar-refractivity contribution in [2.45, 2.75) is 249 Å². The van der Waals surface area contributed by atoms with E-state index in [0.29, 0.717) is 24.2 Å². The molecule has 1 saturated heterocycles. The number of carbonyl (C=O) groups excluding carboxylic acids is 14. The van der Waals surface area contributed by atoms with Gasteiger partial charge in [-0.25, -0.2) is 0 Å². The second-order valence-electron chi connectivity index (χ2n) is 29.1. The molecule has 1 aliphatic rings. The Morgan fingerprint density at radius 1 is 0.566 bits per heavy atom. The van der Waals surface area contributed by atoms with Crippen molar-refractivity contribution >= 4 is 82.7 Å². The van der Waals surface area contributed by atoms with Gasteiger partial charge in [0.15, 0.2) is 0 Å². The Labute approximate surface area is 589 Å². The average Bonchev–Trinajstić information content (AvgIpc) is 0.786. The maximum absolute atomic E-state index is 16.0. The Kier molecular flexibility index (Phi) is 37.6. The maximum Gasteiger partial charge on any atom is 0.253 e. The van der Waals surface area contributed by atoms with Crippen LogP contribution in [-0.2, 0) is 71.9 Å². The molecule has 29 heteroatoms. The lowest BCUT2D eigenvalue weighted by Gasteiger charge is -2.42. The van der Waals surface area contributed by atoms with Gasteiger partial charge in [0.05, 0.1) is 6.10 Å². The van der Waals surface area contributed by atoms with Crippen LogP contribution in [0.1, 0.15) is 176 Å². The fourth-order valence-corrected chi connectivity index (χ4v) is 12.0. The third-order valence-electron chi connectivity index (χ3n) is 19.0. The molecular formula is C70H125N13O16. The molecule has 15 atom stereocenters. The molecule has 0 spiro atoms. The van der Waals surface area contributed by atoms with Gasteiger partial charge in [-0.3, -0.25) is 72.0 Å². The van der Waals surface area contributed by atoms with Gasteiger partial charge in [-0.15, -0.1) is 0 Å². The summed E-state index contributed by atoms with van der Waals surface area (Å²) < 4.78 is 4.99. The summed E-state index contributed by atoms with van der Waals surface area (Å²) in [5.41, 5.74) is 0. The van der Waals surface area contributed by atoms with Crippen molar-refractivity contribution in [2.24, 2.45) is 47.3 Å². The predicted octanol–water partition coefficient (Wildman–Crippen LogP) is 1.90. The van der Waals surface area contributed by atoms with Crippen LogP contribution in [0.3, 0.4) is 0 Å². The number of likely N-dealkylation sites (N-methyl/N-ethyl adjacent to an activating group) is 6. The van der Waals surface area contributed by atoms with Crippen LogP contribution in [-0.4, -0.2) is 264 Å². The first-order chi connectivity index (χ1) is 45.8. The molecule has 566 valence electrons. The third-order valence-corrected chi connectivity index (χ3v) is 19.0. The molecule has 0 aliphatic carbocycles. The number of aliphatic hydroxyl groups excluding tert-OH is 1. The summed E-state index contributed by atoms with van der Waals surface area (Å²) in [5.74, 6) is -15.1. The number of amides is 14. The van der Waals surface area contributed by atoms with Crippen molar-refractivity contribution in [2.75, 3.05) is 69.1 Å². The molecular weight excluding hydrogens is 1280 g/mol. The lowest BCUT2D eigenvalue weighted by Crippen LogP contribution is -2.66. The number of nitrogens with zero attached hydrogens (tertiary/aromatic N) is 7. The van der Waals surface area contributed by atoms with Crippen molar-refractivity contribution in [1.29, 1.82) is 0 Å². The van der Waals surface area contributed by atoms with E-state index in [1.54, 1.807) is 90.0 Å². The van der Waals surface area contributed by atoms with Crippen LogP contribution in [0.2, 0.25) is 0 Å². The van der Waals surface area contributed by atoms with Gasteiger partial charge in [0.25, 0.3) is 11.8 Å². The minimum Gasteiger partial charge on any atom is -0.391 e. The number of hydrogen-bond donors (Lipinski definition) is 7. The van der Waals surface area contributed by atoms with E-state index >= 15 is 19.2 Å². The lowest BCUT2D eigenvalue weighted by atomic mass is 9.93. The van der Waals surface area contributed by atoms with E-state index in [4.69, 9.17) is 4.74 Å². The van der Waals surface area contributed by atoms with Crippen LogP contribution in [0, 0.1) is 47.3 Å². The van der Waals surface area contributed by atoms with Crippen molar-refractivity contribution < 1.29 is 77.0 Å². The number of methoxy groups -OCH3 is 1. The molecule has 0 saturated carbocycles. The molecule has 29 nitrogen and oxygen atoms in total. The van der Waals surface area contributed by atoms with E-state index in [-0.39, 0.29) is 31.7 Å². The SMILES string of the molecule is CC[C@@H](C)[C@H]1NC(=O)CCNC(=O)[C@H]([C@@H](C)CC)N(C)C(=O)[C@@H](C(C)C)NC(=O)CCN(C)C(=O)[C@H]([C@@H](C)O)N(C(=O)[C@@H](C(C)C)N(C)C(=O)[C@@H](NC(=O)COC)C(C)C)C(=O)[C@@H](CC(C)C)N(C)C(=O)[C@@H](CC(C)C)NC(=O)[C@H](C)NC(=O)[C@H](C)N(C)C(=O)[C@H]([C@@H](C)CC)N(C)C1=O. The number of hydrogen-bond acceptors (Lipinski definition) is 16. The van der Waals surface area contributed by atoms with Crippen molar-refractivity contribution in [3.05, 3.63) is 0 Å². The molecule has 0 radical (unpaired) electrons. The molecule has 0 aromatic carbocycles. The smallest absolute Gasteiger partial charge is 0.253 e. The van der Waals surface area contributed by atoms with Gasteiger partial charge < -0.3 is 71.1 Å². The Bertz CT molecular complexity index is 2780. The molecule has 0 aromatic heterocycles. The lowest BCUT2D eigenvalue weighted by molar-refractivity contribution is -0.167. The maximum atomic E-state index is 16.0. The summed E-state index contributed by atoms with van der Waals surface area (Å²) in [4.78, 5) is 212. The zero-order valence-electron chi connectivity index (χ0n) is 64.3. The van der Waals surface area contributed by atoms with Gasteiger partial charge in [-0.05, 0) is 81.0 Å². The van der Waals surface area contributed by atoms with E-state index in [2.05, 4.69) is 31.9 Å². The van der Waals surface area contributed by atoms with Gasteiger partial charge in [0.1, 0.15) is 73.1 Å². The molecule has 0 unspecified atom stereocenters. The summed E-state index contributed by atoms with van der Waals surface area (Å²) in [6.07, 6.45) is -1.56. The van der Waals surface area contributed by atoms with Crippen LogP contribution in [0.5, 0.6) is 0 Å². The Morgan fingerprint density at radius 2 is 1.07 bits per heavy atom. The topological polar surface area (TPSA) is 363 Å². The number of aliphatic hydroxyl groups is 1. The second-order valence-corrected chi connectivity index (χ2v) is 29.1. The summed E-state index contributed by atoms with van der Waals surface area (Å²) in [6, 6.07) is -15.2. The Balaban J connectivity index is 4.51. The first-order valence-corrected chi connectivity index (χ1v) is 35.2. The third kappa shape index (κ3) is 25.1. The van der Waals surface area contributed by atoms with E-state index in [1.165, 1.54) is 80.0 Å². The highest BCUT2D eigenvalue weighted by Gasteiger charge is 2.49. The monoisotopic (exact) mass is 1400 g/mol. The first-order valence-electron chi connectivity index (χ1n) is 35.2. The molecule has 1 fully saturated rings. The standard InChI is InChI=1S/C70H125N13O16/c1-27-42(14)55-67(95)82(25)58(44(16)29-3)69(97)78(21)46(18)61(89)72-45(17)60(88)73-48(34-37(4)5)63(91)79(22)49(35-38(6)7)64(92)83(70(98)56(41(12)13)80(23)65(93)54(40(10)11)76-52(87)36-99-26)59(47(19)84)68(96)77(20)33-31-51(86)74-53(39(8)9)66(94)81(24)57(43(15)28-2)62(90)71-32-30-50(85)75-55/h37-49,53-59,84H,27-36H2,1-26H3,(H,71,90)(H,72,89)(H,73,88)(H,74,86)(H,75,85)(H,76,87)/t42-,43+,44+,45+,46+,47-,48-,49-,53-,54+,55-,56-,57+,58+,59+/m1/s1. The van der Waals surface area contributed by atoms with E-state index < -0.39 is 216 Å². The van der Waals surface area contributed by atoms with Crippen LogP contribution in [0.15, 0.2) is 0 Å². The summed E-state index contributed by atoms with van der Waals surface area (Å²) in [5, 5.41) is 28.3. The van der Waals surface area contributed by atoms with E-state index in [1.807, 2.05) is 20.8 Å². The van der Waals surface area contributed by atoms with Gasteiger partial charge in [-0.1, -0.05) is 130 Å². The molecule has 0 aromatic rings. The fraction of sp³-hybridized carbons (Fsp3) is 0.800. The molecule has 0 bridgehead atoms. The van der Waals surface area contributed by atoms with Gasteiger partial charge in [0, 0.05) is 75.3 Å². The summed E-state index contributed by atoms with van der Waals surface area (Å²) in [7, 11) is 9.39. The Morgan fingerprint density at radius 3 is 1.56 bits per heavy atom. The average molecular weight is 1400 g/mol. The highest BCUT2D eigenvalue weighted by molar-refractivity contribution is 6.07. The minimum absolute atomic E-state index is 0.0229. The number of imide groups is 1. The summed E-state index contributed by atoms with van der Waals surface area (Å²) in [6.45, 7) is 30.6. The van der Waals surface area contributed by atoms with Crippen LogP contribution >= 0.6 is 0 Å². The van der Waals surface area contributed by atoms with Gasteiger partial charge >= 0.3 is 0 Å². The van der Waals surface area contributed by atoms with Crippen LogP contribution in [0.4, 0.5) is 0 Å². The molecule has 99 heavy (non-hydrogen) atoms. The quantitative estimate of drug-likeness (QED) is 0.0915. The zero-order valence-corrected chi connectivity index (χ0v) is 64.3. The normalized spacial score (nSPS) is 25.2. The van der Waals surface area contributed by atoms with Gasteiger partial charge in [0.2, 0.25) is 70.9 Å². The molecule has 1 rings (SSSR count). The van der Waals surface area contributed by atoms with Crippen molar-refractivity contribution in [1.82, 2.24) is 66.2 Å². The number of carbonyl (C=O) groups is 14. The predicted molar refractivity (Wildman–Crippen MR) is 375 cm³/mol. The number of rotatable bonds is 20.